The van der Waals surface area contributed by atoms with Gasteiger partial charge in [-0.3, -0.25) is 9.48 Å². The number of nitrogens with zero attached hydrogens (tertiary/aromatic N) is 3. The molecular formula is C22H21ClF3N3O2. The highest BCUT2D eigenvalue weighted by molar-refractivity contribution is 6.31. The van der Waals surface area contributed by atoms with Crippen LogP contribution in [0.5, 0.6) is 0 Å². The zero-order valence-electron chi connectivity index (χ0n) is 17.3. The molecule has 164 valence electrons. The van der Waals surface area contributed by atoms with Crippen LogP contribution in [0, 0.1) is 23.1 Å². The summed E-state index contributed by atoms with van der Waals surface area (Å²) in [6.07, 6.45) is -0.640. The Labute approximate surface area is 182 Å². The van der Waals surface area contributed by atoms with Gasteiger partial charge in [0.15, 0.2) is 0 Å². The number of ether oxygens (including phenoxy) is 1. The van der Waals surface area contributed by atoms with Crippen molar-refractivity contribution >= 4 is 17.6 Å². The van der Waals surface area contributed by atoms with Gasteiger partial charge in [0.2, 0.25) is 0 Å². The first kappa shape index (κ1) is 21.7. The molecule has 0 bridgehead atoms. The Morgan fingerprint density at radius 3 is 2.58 bits per heavy atom. The summed E-state index contributed by atoms with van der Waals surface area (Å²) in [5.74, 6) is -4.64. The molecule has 1 fully saturated rings. The molecule has 2 aromatic rings. The van der Waals surface area contributed by atoms with Gasteiger partial charge in [0, 0.05) is 24.8 Å². The third kappa shape index (κ3) is 3.80. The molecule has 1 atom stereocenters. The smallest absolute Gasteiger partial charge is 0.309 e. The minimum Gasteiger partial charge on any atom is -0.460 e. The van der Waals surface area contributed by atoms with E-state index >= 15 is 0 Å². The van der Waals surface area contributed by atoms with Crippen molar-refractivity contribution in [2.75, 3.05) is 0 Å². The molecule has 1 spiro atoms. The number of carbonyl (C=O) groups excluding carboxylic acids is 1. The molecule has 1 aromatic carbocycles. The fourth-order valence-corrected chi connectivity index (χ4v) is 4.78. The SMILES string of the molecule is CC(C)(C)OC(=O)C1Cc2c(C#N)c(-c3ccc(F)c(Cl)c3)nn2C2(C1)CC(F)(F)C2. The fraction of sp³-hybridized carbons (Fsp3) is 0.500. The summed E-state index contributed by atoms with van der Waals surface area (Å²) in [6.45, 7) is 5.22. The van der Waals surface area contributed by atoms with Crippen LogP contribution in [0.1, 0.15) is 51.3 Å². The second kappa shape index (κ2) is 6.99. The van der Waals surface area contributed by atoms with Crippen LogP contribution in [-0.2, 0) is 21.5 Å². The molecule has 1 unspecified atom stereocenters. The quantitative estimate of drug-likeness (QED) is 0.585. The summed E-state index contributed by atoms with van der Waals surface area (Å²) in [5.41, 5.74) is -0.578. The van der Waals surface area contributed by atoms with E-state index < -0.39 is 47.6 Å². The number of alkyl halides is 2. The lowest BCUT2D eigenvalue weighted by Gasteiger charge is -2.51. The van der Waals surface area contributed by atoms with Gasteiger partial charge < -0.3 is 4.74 Å². The highest BCUT2D eigenvalue weighted by atomic mass is 35.5. The van der Waals surface area contributed by atoms with Crippen LogP contribution in [0.4, 0.5) is 13.2 Å². The second-order valence-electron chi connectivity index (χ2n) is 9.40. The molecule has 0 amide bonds. The van der Waals surface area contributed by atoms with E-state index in [1.165, 1.54) is 16.8 Å². The van der Waals surface area contributed by atoms with Crippen molar-refractivity contribution in [1.82, 2.24) is 9.78 Å². The van der Waals surface area contributed by atoms with E-state index in [2.05, 4.69) is 11.2 Å². The molecule has 1 aromatic heterocycles. The predicted octanol–water partition coefficient (Wildman–Crippen LogP) is 5.24. The van der Waals surface area contributed by atoms with Crippen molar-refractivity contribution < 1.29 is 22.7 Å². The molecule has 4 rings (SSSR count). The summed E-state index contributed by atoms with van der Waals surface area (Å²) in [6, 6.07) is 6.03. The van der Waals surface area contributed by atoms with E-state index in [1.807, 2.05) is 0 Å². The maximum atomic E-state index is 14.0. The predicted molar refractivity (Wildman–Crippen MR) is 107 cm³/mol. The van der Waals surface area contributed by atoms with Crippen molar-refractivity contribution in [3.05, 3.63) is 40.3 Å². The Balaban J connectivity index is 1.81. The highest BCUT2D eigenvalue weighted by Gasteiger charge is 2.62. The number of benzene rings is 1. The van der Waals surface area contributed by atoms with Crippen molar-refractivity contribution in [2.24, 2.45) is 5.92 Å². The lowest BCUT2D eigenvalue weighted by atomic mass is 9.66. The number of fused-ring (bicyclic) bond motifs is 2. The van der Waals surface area contributed by atoms with Crippen LogP contribution in [0.2, 0.25) is 5.02 Å². The molecule has 5 nitrogen and oxygen atoms in total. The molecule has 0 radical (unpaired) electrons. The van der Waals surface area contributed by atoms with Gasteiger partial charge in [0.1, 0.15) is 28.7 Å². The number of aromatic nitrogens is 2. The van der Waals surface area contributed by atoms with Crippen molar-refractivity contribution in [1.29, 1.82) is 5.26 Å². The minimum absolute atomic E-state index is 0.135. The number of esters is 1. The van der Waals surface area contributed by atoms with E-state index in [4.69, 9.17) is 16.3 Å². The lowest BCUT2D eigenvalue weighted by Crippen LogP contribution is -2.58. The third-order valence-electron chi connectivity index (χ3n) is 5.72. The molecule has 0 saturated heterocycles. The molecule has 1 saturated carbocycles. The summed E-state index contributed by atoms with van der Waals surface area (Å²) in [4.78, 5) is 12.8. The van der Waals surface area contributed by atoms with Gasteiger partial charge in [-0.15, -0.1) is 0 Å². The Kier molecular flexibility index (Phi) is 4.89. The van der Waals surface area contributed by atoms with Crippen molar-refractivity contribution in [3.8, 4) is 17.3 Å². The first-order valence-corrected chi connectivity index (χ1v) is 10.3. The first-order chi connectivity index (χ1) is 14.3. The minimum atomic E-state index is -2.87. The van der Waals surface area contributed by atoms with Crippen LogP contribution in [0.15, 0.2) is 18.2 Å². The average molecular weight is 452 g/mol. The molecule has 31 heavy (non-hydrogen) atoms. The standard InChI is InChI=1S/C22H21ClF3N3O2/c1-20(2,3)31-19(30)13-7-17-14(9-27)18(12-4-5-16(24)15(23)6-12)28-29(17)21(8-13)10-22(25,26)11-21/h4-6,13H,7-8,10-11H2,1-3H3. The molecule has 1 aliphatic heterocycles. The van der Waals surface area contributed by atoms with E-state index in [0.29, 0.717) is 11.3 Å². The fourth-order valence-electron chi connectivity index (χ4n) is 4.60. The maximum Gasteiger partial charge on any atom is 0.309 e. The number of halogens is 4. The number of hydrogen-bond donors (Lipinski definition) is 0. The number of rotatable bonds is 2. The van der Waals surface area contributed by atoms with Gasteiger partial charge in [0.05, 0.1) is 22.2 Å². The summed E-state index contributed by atoms with van der Waals surface area (Å²) < 4.78 is 48.6. The number of carbonyl (C=O) groups is 1. The monoisotopic (exact) mass is 451 g/mol. The van der Waals surface area contributed by atoms with Crippen molar-refractivity contribution in [3.63, 3.8) is 0 Å². The van der Waals surface area contributed by atoms with Crippen LogP contribution in [0.3, 0.4) is 0 Å². The summed E-state index contributed by atoms with van der Waals surface area (Å²) in [5, 5.41) is 14.2. The van der Waals surface area contributed by atoms with E-state index in [0.717, 1.165) is 6.07 Å². The highest BCUT2D eigenvalue weighted by Crippen LogP contribution is 2.56. The zero-order valence-corrected chi connectivity index (χ0v) is 18.1. The largest absolute Gasteiger partial charge is 0.460 e. The van der Waals surface area contributed by atoms with Gasteiger partial charge in [0.25, 0.3) is 5.92 Å². The van der Waals surface area contributed by atoms with E-state index in [1.54, 1.807) is 20.8 Å². The topological polar surface area (TPSA) is 67.9 Å². The maximum absolute atomic E-state index is 14.0. The van der Waals surface area contributed by atoms with Crippen LogP contribution in [0.25, 0.3) is 11.3 Å². The van der Waals surface area contributed by atoms with Gasteiger partial charge in [-0.05, 0) is 45.4 Å². The van der Waals surface area contributed by atoms with Gasteiger partial charge in [-0.25, -0.2) is 13.2 Å². The molecule has 0 N–H and O–H groups in total. The molecule has 1 aliphatic carbocycles. The third-order valence-corrected chi connectivity index (χ3v) is 6.01. The average Bonchev–Trinajstić information content (AvgIpc) is 3.00. The second-order valence-corrected chi connectivity index (χ2v) is 9.80. The van der Waals surface area contributed by atoms with Crippen LogP contribution >= 0.6 is 11.6 Å². The van der Waals surface area contributed by atoms with E-state index in [9.17, 15) is 23.2 Å². The van der Waals surface area contributed by atoms with Gasteiger partial charge in [-0.2, -0.15) is 10.4 Å². The van der Waals surface area contributed by atoms with Crippen molar-refractivity contribution in [2.45, 2.75) is 63.5 Å². The summed E-state index contributed by atoms with van der Waals surface area (Å²) >= 11 is 5.89. The molecular weight excluding hydrogens is 431 g/mol. The zero-order chi connectivity index (χ0) is 22.8. The molecule has 9 heteroatoms. The Hall–Kier alpha value is -2.53. The summed E-state index contributed by atoms with van der Waals surface area (Å²) in [7, 11) is 0. The van der Waals surface area contributed by atoms with Crippen LogP contribution in [-0.4, -0.2) is 27.3 Å². The number of nitriles is 1. The number of hydrogen-bond acceptors (Lipinski definition) is 4. The first-order valence-electron chi connectivity index (χ1n) is 9.93. The molecule has 2 heterocycles. The van der Waals surface area contributed by atoms with Crippen LogP contribution < -0.4 is 0 Å². The van der Waals surface area contributed by atoms with Gasteiger partial charge in [-0.1, -0.05) is 11.6 Å². The Morgan fingerprint density at radius 1 is 1.35 bits per heavy atom. The molecule has 2 aliphatic rings. The van der Waals surface area contributed by atoms with E-state index in [-0.39, 0.29) is 29.1 Å². The van der Waals surface area contributed by atoms with Gasteiger partial charge >= 0.3 is 5.97 Å². The normalized spacial score (nSPS) is 21.2. The Bertz CT molecular complexity index is 1110. The Morgan fingerprint density at radius 2 is 2.03 bits per heavy atom. The lowest BCUT2D eigenvalue weighted by molar-refractivity contribution is -0.181.